The molecule has 0 bridgehead atoms. The lowest BCUT2D eigenvalue weighted by atomic mass is 9.85. The van der Waals surface area contributed by atoms with Gasteiger partial charge in [0.25, 0.3) is 0 Å². The predicted octanol–water partition coefficient (Wildman–Crippen LogP) is 3.78. The maximum Gasteiger partial charge on any atom is 0.163 e. The molecule has 0 spiro atoms. The first-order valence-corrected chi connectivity index (χ1v) is 10.4. The highest BCUT2D eigenvalue weighted by molar-refractivity contribution is 6.30. The quantitative estimate of drug-likeness (QED) is 0.670. The van der Waals surface area contributed by atoms with Crippen molar-refractivity contribution >= 4 is 28.5 Å². The molecule has 2 aliphatic rings. The molecule has 4 heterocycles. The lowest BCUT2D eigenvalue weighted by Crippen LogP contribution is -2.27. The Morgan fingerprint density at radius 1 is 1.11 bits per heavy atom. The molecule has 6 nitrogen and oxygen atoms in total. The van der Waals surface area contributed by atoms with Crippen LogP contribution in [0.2, 0.25) is 5.02 Å². The van der Waals surface area contributed by atoms with Crippen LogP contribution in [0.15, 0.2) is 36.8 Å². The Bertz CT molecular complexity index is 968. The number of anilines is 1. The third-order valence-corrected chi connectivity index (χ3v) is 6.33. The molecule has 146 valence electrons. The summed E-state index contributed by atoms with van der Waals surface area (Å²) in [5.74, 6) is 2.52. The van der Waals surface area contributed by atoms with E-state index in [9.17, 15) is 0 Å². The van der Waals surface area contributed by atoms with E-state index in [0.717, 1.165) is 65.6 Å². The fourth-order valence-electron chi connectivity index (χ4n) is 4.61. The summed E-state index contributed by atoms with van der Waals surface area (Å²) in [5, 5.41) is 6.35. The Labute approximate surface area is 169 Å². The van der Waals surface area contributed by atoms with Gasteiger partial charge in [0.15, 0.2) is 5.65 Å². The van der Waals surface area contributed by atoms with E-state index in [1.807, 2.05) is 29.1 Å². The van der Waals surface area contributed by atoms with Gasteiger partial charge in [0, 0.05) is 31.3 Å². The highest BCUT2D eigenvalue weighted by atomic mass is 35.5. The van der Waals surface area contributed by atoms with Crippen molar-refractivity contribution < 1.29 is 4.74 Å². The van der Waals surface area contributed by atoms with Crippen molar-refractivity contribution in [3.63, 3.8) is 0 Å². The van der Waals surface area contributed by atoms with Gasteiger partial charge >= 0.3 is 0 Å². The number of fused-ring (bicyclic) bond motifs is 1. The molecule has 1 unspecified atom stereocenters. The molecule has 2 aromatic heterocycles. The van der Waals surface area contributed by atoms with Crippen molar-refractivity contribution in [3.8, 4) is 0 Å². The minimum absolute atomic E-state index is 0.644. The van der Waals surface area contributed by atoms with Gasteiger partial charge in [-0.1, -0.05) is 23.7 Å². The van der Waals surface area contributed by atoms with Crippen LogP contribution in [0.1, 0.15) is 24.8 Å². The highest BCUT2D eigenvalue weighted by Crippen LogP contribution is 2.34. The number of benzene rings is 1. The molecule has 5 rings (SSSR count). The van der Waals surface area contributed by atoms with E-state index in [1.54, 1.807) is 6.33 Å². The van der Waals surface area contributed by atoms with E-state index in [0.29, 0.717) is 6.54 Å². The van der Waals surface area contributed by atoms with Crippen molar-refractivity contribution in [1.82, 2.24) is 19.7 Å². The molecular weight excluding hydrogens is 374 g/mol. The number of halogens is 1. The summed E-state index contributed by atoms with van der Waals surface area (Å²) in [4.78, 5) is 11.5. The second-order valence-electron chi connectivity index (χ2n) is 7.81. The largest absolute Gasteiger partial charge is 0.381 e. The number of ether oxygens (including phenoxy) is 1. The first-order valence-electron chi connectivity index (χ1n) is 10.0. The van der Waals surface area contributed by atoms with Gasteiger partial charge in [-0.15, -0.1) is 0 Å². The zero-order valence-corrected chi connectivity index (χ0v) is 16.6. The first kappa shape index (κ1) is 17.9. The van der Waals surface area contributed by atoms with E-state index >= 15 is 0 Å². The lowest BCUT2D eigenvalue weighted by Gasteiger charge is -2.27. The number of nitrogens with zero attached hydrogens (tertiary/aromatic N) is 5. The minimum atomic E-state index is 0.644. The Hall–Kier alpha value is -2.18. The molecule has 7 heteroatoms. The monoisotopic (exact) mass is 397 g/mol. The van der Waals surface area contributed by atoms with Crippen molar-refractivity contribution in [3.05, 3.63) is 47.4 Å². The van der Waals surface area contributed by atoms with Gasteiger partial charge in [0.1, 0.15) is 12.1 Å². The Kier molecular flexibility index (Phi) is 4.91. The molecule has 0 aliphatic carbocycles. The molecule has 1 atom stereocenters. The second kappa shape index (κ2) is 7.68. The number of hydrogen-bond donors (Lipinski definition) is 0. The van der Waals surface area contributed by atoms with Gasteiger partial charge in [-0.2, -0.15) is 5.10 Å². The van der Waals surface area contributed by atoms with Crippen LogP contribution >= 0.6 is 11.6 Å². The van der Waals surface area contributed by atoms with E-state index in [2.05, 4.69) is 26.0 Å². The van der Waals surface area contributed by atoms with E-state index in [1.165, 1.54) is 19.3 Å². The first-order chi connectivity index (χ1) is 13.8. The van der Waals surface area contributed by atoms with Crippen LogP contribution in [0, 0.1) is 11.8 Å². The average molecular weight is 398 g/mol. The summed E-state index contributed by atoms with van der Waals surface area (Å²) in [6.45, 7) is 4.58. The number of rotatable bonds is 4. The SMILES string of the molecule is Clc1cccc(Cn2ncc3c(N4CCC(C5CCOCC5)C4)ncnc32)c1. The van der Waals surface area contributed by atoms with Gasteiger partial charge < -0.3 is 9.64 Å². The Balaban J connectivity index is 1.38. The summed E-state index contributed by atoms with van der Waals surface area (Å²) >= 11 is 6.12. The van der Waals surface area contributed by atoms with Crippen LogP contribution in [-0.2, 0) is 11.3 Å². The Morgan fingerprint density at radius 3 is 2.86 bits per heavy atom. The summed E-state index contributed by atoms with van der Waals surface area (Å²) in [6, 6.07) is 7.87. The van der Waals surface area contributed by atoms with Crippen LogP contribution in [0.25, 0.3) is 11.0 Å². The second-order valence-corrected chi connectivity index (χ2v) is 8.25. The van der Waals surface area contributed by atoms with Crippen molar-refractivity contribution in [2.24, 2.45) is 11.8 Å². The molecule has 0 saturated carbocycles. The molecule has 2 fully saturated rings. The summed E-state index contributed by atoms with van der Waals surface area (Å²) < 4.78 is 7.46. The maximum absolute atomic E-state index is 6.12. The smallest absolute Gasteiger partial charge is 0.163 e. The van der Waals surface area contributed by atoms with Gasteiger partial charge in [-0.05, 0) is 48.8 Å². The van der Waals surface area contributed by atoms with Gasteiger partial charge in [-0.3, -0.25) is 0 Å². The number of aromatic nitrogens is 4. The normalized spacial score (nSPS) is 20.9. The average Bonchev–Trinajstić information content (AvgIpc) is 3.37. The standard InChI is InChI=1S/C21H24ClN5O/c22-18-3-1-2-15(10-18)12-27-21-19(11-25-27)20(23-14-24-21)26-7-4-17(13-26)16-5-8-28-9-6-16/h1-3,10-11,14,16-17H,4-9,12-13H2. The van der Waals surface area contributed by atoms with Crippen LogP contribution in [0.3, 0.4) is 0 Å². The molecular formula is C21H24ClN5O. The molecule has 1 aromatic carbocycles. The van der Waals surface area contributed by atoms with Gasteiger partial charge in [0.2, 0.25) is 0 Å². The fourth-order valence-corrected chi connectivity index (χ4v) is 4.82. The predicted molar refractivity (Wildman–Crippen MR) is 110 cm³/mol. The van der Waals surface area contributed by atoms with E-state index in [4.69, 9.17) is 16.3 Å². The van der Waals surface area contributed by atoms with Crippen LogP contribution < -0.4 is 4.90 Å². The minimum Gasteiger partial charge on any atom is -0.381 e. The molecule has 2 saturated heterocycles. The zero-order chi connectivity index (χ0) is 18.9. The van der Waals surface area contributed by atoms with E-state index in [-0.39, 0.29) is 0 Å². The van der Waals surface area contributed by atoms with Crippen LogP contribution in [0.4, 0.5) is 5.82 Å². The summed E-state index contributed by atoms with van der Waals surface area (Å²) in [7, 11) is 0. The molecule has 28 heavy (non-hydrogen) atoms. The topological polar surface area (TPSA) is 56.1 Å². The zero-order valence-electron chi connectivity index (χ0n) is 15.8. The van der Waals surface area contributed by atoms with Crippen molar-refractivity contribution in [2.45, 2.75) is 25.8 Å². The van der Waals surface area contributed by atoms with Crippen LogP contribution in [-0.4, -0.2) is 46.1 Å². The Morgan fingerprint density at radius 2 is 2.00 bits per heavy atom. The van der Waals surface area contributed by atoms with Crippen molar-refractivity contribution in [1.29, 1.82) is 0 Å². The van der Waals surface area contributed by atoms with Gasteiger partial charge in [0.05, 0.1) is 18.1 Å². The van der Waals surface area contributed by atoms with E-state index < -0.39 is 0 Å². The molecule has 0 radical (unpaired) electrons. The van der Waals surface area contributed by atoms with Crippen molar-refractivity contribution in [2.75, 3.05) is 31.2 Å². The third-order valence-electron chi connectivity index (χ3n) is 6.09. The lowest BCUT2D eigenvalue weighted by molar-refractivity contribution is 0.0500. The summed E-state index contributed by atoms with van der Waals surface area (Å²) in [6.07, 6.45) is 7.17. The molecule has 3 aromatic rings. The third kappa shape index (κ3) is 3.47. The van der Waals surface area contributed by atoms with Gasteiger partial charge in [-0.25, -0.2) is 14.6 Å². The molecule has 0 N–H and O–H groups in total. The molecule has 2 aliphatic heterocycles. The fraction of sp³-hybridized carbons (Fsp3) is 0.476. The molecule has 0 amide bonds. The summed E-state index contributed by atoms with van der Waals surface area (Å²) in [5.41, 5.74) is 1.98. The number of hydrogen-bond acceptors (Lipinski definition) is 5. The van der Waals surface area contributed by atoms with Crippen LogP contribution in [0.5, 0.6) is 0 Å². The highest BCUT2D eigenvalue weighted by Gasteiger charge is 2.32. The maximum atomic E-state index is 6.12.